The summed E-state index contributed by atoms with van der Waals surface area (Å²) < 4.78 is 7.62. The number of carbonyl (C=O) groups is 1. The van der Waals surface area contributed by atoms with E-state index in [0.29, 0.717) is 18.6 Å². The van der Waals surface area contributed by atoms with Gasteiger partial charge >= 0.3 is 0 Å². The maximum absolute atomic E-state index is 14.3. The van der Waals surface area contributed by atoms with E-state index in [2.05, 4.69) is 64.9 Å². The van der Waals surface area contributed by atoms with E-state index in [1.165, 1.54) is 49.5 Å². The Morgan fingerprint density at radius 2 is 1.54 bits per heavy atom. The number of para-hydroxylation sites is 2. The van der Waals surface area contributed by atoms with Crippen molar-refractivity contribution in [3.63, 3.8) is 0 Å². The zero-order valence-corrected chi connectivity index (χ0v) is 23.4. The van der Waals surface area contributed by atoms with Gasteiger partial charge in [0.15, 0.2) is 0 Å². The molecule has 6 rings (SSSR count). The number of hydrogen-bond donors (Lipinski definition) is 0. The van der Waals surface area contributed by atoms with Crippen LogP contribution in [0.2, 0.25) is 0 Å². The smallest absolute Gasteiger partial charge is 0.243 e. The number of amides is 1. The molecule has 2 fully saturated rings. The minimum absolute atomic E-state index is 0.0505. The summed E-state index contributed by atoms with van der Waals surface area (Å²) in [6.45, 7) is 2.57. The lowest BCUT2D eigenvalue weighted by Crippen LogP contribution is -2.50. The molecule has 1 amide bonds. The van der Waals surface area contributed by atoms with Gasteiger partial charge in [-0.3, -0.25) is 4.79 Å². The van der Waals surface area contributed by atoms with Crippen LogP contribution >= 0.6 is 0 Å². The highest BCUT2D eigenvalue weighted by Gasteiger charge is 2.33. The van der Waals surface area contributed by atoms with E-state index in [-0.39, 0.29) is 11.8 Å². The molecule has 3 aromatic carbocycles. The Balaban J connectivity index is 1.35. The summed E-state index contributed by atoms with van der Waals surface area (Å²) in [6.07, 6.45) is 12.2. The molecule has 1 atom stereocenters. The molecule has 0 aliphatic heterocycles. The van der Waals surface area contributed by atoms with Crippen LogP contribution in [0.5, 0.6) is 5.75 Å². The van der Waals surface area contributed by atoms with Crippen molar-refractivity contribution in [3.8, 4) is 5.75 Å². The number of rotatable bonds is 7. The Hall–Kier alpha value is -3.34. The maximum Gasteiger partial charge on any atom is 0.243 e. The molecule has 2 aliphatic rings. The number of fused-ring (bicyclic) bond motifs is 2. The van der Waals surface area contributed by atoms with Crippen molar-refractivity contribution >= 4 is 27.7 Å². The molecule has 0 radical (unpaired) electrons. The first kappa shape index (κ1) is 25.9. The van der Waals surface area contributed by atoms with Gasteiger partial charge in [-0.15, -0.1) is 0 Å². The third-order valence-corrected chi connectivity index (χ3v) is 9.16. The van der Waals surface area contributed by atoms with E-state index < -0.39 is 0 Å². The molecular formula is C34H41N3O2. The van der Waals surface area contributed by atoms with Gasteiger partial charge in [0, 0.05) is 18.0 Å². The third-order valence-electron chi connectivity index (χ3n) is 9.16. The highest BCUT2D eigenvalue weighted by Crippen LogP contribution is 2.33. The second-order valence-electron chi connectivity index (χ2n) is 11.6. The van der Waals surface area contributed by atoms with E-state index in [1.807, 2.05) is 12.1 Å². The van der Waals surface area contributed by atoms with Gasteiger partial charge in [-0.1, -0.05) is 81.8 Å². The Morgan fingerprint density at radius 1 is 0.897 bits per heavy atom. The second-order valence-corrected chi connectivity index (χ2v) is 11.6. The van der Waals surface area contributed by atoms with Crippen molar-refractivity contribution in [2.24, 2.45) is 0 Å². The Labute approximate surface area is 232 Å². The van der Waals surface area contributed by atoms with Crippen LogP contribution in [0.1, 0.15) is 88.4 Å². The first-order chi connectivity index (χ1) is 19.1. The van der Waals surface area contributed by atoms with E-state index in [0.717, 1.165) is 53.7 Å². The van der Waals surface area contributed by atoms with Gasteiger partial charge in [0.25, 0.3) is 0 Å². The molecule has 0 N–H and O–H groups in total. The summed E-state index contributed by atoms with van der Waals surface area (Å²) in [7, 11) is 1.70. The topological polar surface area (TPSA) is 47.4 Å². The SMILES string of the molecule is COc1ccc2cc(C(C)c3nc4ccccc4n3CC(=O)N(C3CCCCC3)C3CCCCC3)ccc2c1. The quantitative estimate of drug-likeness (QED) is 0.248. The van der Waals surface area contributed by atoms with Gasteiger partial charge < -0.3 is 14.2 Å². The summed E-state index contributed by atoms with van der Waals surface area (Å²) in [4.78, 5) is 21.7. The highest BCUT2D eigenvalue weighted by molar-refractivity contribution is 5.85. The summed E-state index contributed by atoms with van der Waals surface area (Å²) in [5.74, 6) is 2.15. The highest BCUT2D eigenvalue weighted by atomic mass is 16.5. The minimum Gasteiger partial charge on any atom is -0.497 e. The standard InChI is InChI=1S/C34H41N3O2/c1-24(25-17-18-27-22-30(39-2)20-19-26(27)21-25)34-35-31-15-9-10-16-32(31)36(34)23-33(38)37(28-11-5-3-6-12-28)29-13-7-4-8-14-29/h9-10,15-22,24,28-29H,3-8,11-14,23H2,1-2H3. The van der Waals surface area contributed by atoms with Gasteiger partial charge in [-0.2, -0.15) is 0 Å². The first-order valence-corrected chi connectivity index (χ1v) is 15.0. The molecule has 1 heterocycles. The van der Waals surface area contributed by atoms with Crippen molar-refractivity contribution in [1.82, 2.24) is 14.5 Å². The predicted molar refractivity (Wildman–Crippen MR) is 158 cm³/mol. The van der Waals surface area contributed by atoms with Crippen LogP contribution in [0.15, 0.2) is 60.7 Å². The Morgan fingerprint density at radius 3 is 2.23 bits per heavy atom. The molecule has 4 aromatic rings. The van der Waals surface area contributed by atoms with Gasteiger partial charge in [-0.05, 0) is 66.3 Å². The van der Waals surface area contributed by atoms with Crippen LogP contribution in [0.4, 0.5) is 0 Å². The number of aromatic nitrogens is 2. The number of benzene rings is 3. The molecule has 1 aromatic heterocycles. The van der Waals surface area contributed by atoms with Crippen molar-refractivity contribution in [3.05, 3.63) is 72.1 Å². The van der Waals surface area contributed by atoms with Crippen molar-refractivity contribution in [2.45, 2.75) is 95.7 Å². The van der Waals surface area contributed by atoms with Gasteiger partial charge in [0.1, 0.15) is 18.1 Å². The zero-order valence-electron chi connectivity index (χ0n) is 23.4. The summed E-state index contributed by atoms with van der Waals surface area (Å²) in [5.41, 5.74) is 3.21. The normalized spacial score (nSPS) is 17.9. The minimum atomic E-state index is 0.0505. The molecule has 0 saturated heterocycles. The van der Waals surface area contributed by atoms with E-state index in [1.54, 1.807) is 7.11 Å². The van der Waals surface area contributed by atoms with Crippen molar-refractivity contribution < 1.29 is 9.53 Å². The average molecular weight is 524 g/mol. The predicted octanol–water partition coefficient (Wildman–Crippen LogP) is 7.84. The average Bonchev–Trinajstić information content (AvgIpc) is 3.35. The van der Waals surface area contributed by atoms with Crippen LogP contribution in [-0.2, 0) is 11.3 Å². The number of methoxy groups -OCH3 is 1. The zero-order chi connectivity index (χ0) is 26.8. The number of hydrogen-bond acceptors (Lipinski definition) is 3. The molecule has 2 aliphatic carbocycles. The fourth-order valence-electron chi connectivity index (χ4n) is 7.02. The van der Waals surface area contributed by atoms with Crippen LogP contribution in [0.3, 0.4) is 0 Å². The second kappa shape index (κ2) is 11.4. The summed E-state index contributed by atoms with van der Waals surface area (Å²) >= 11 is 0. The molecule has 204 valence electrons. The van der Waals surface area contributed by atoms with Crippen LogP contribution < -0.4 is 4.74 Å². The number of ether oxygens (including phenoxy) is 1. The lowest BCUT2D eigenvalue weighted by Gasteiger charge is -2.42. The van der Waals surface area contributed by atoms with Crippen molar-refractivity contribution in [1.29, 1.82) is 0 Å². The lowest BCUT2D eigenvalue weighted by atomic mass is 9.88. The lowest BCUT2D eigenvalue weighted by molar-refractivity contribution is -0.138. The molecule has 5 nitrogen and oxygen atoms in total. The molecule has 2 saturated carbocycles. The Bertz CT molecular complexity index is 1430. The Kier molecular flexibility index (Phi) is 7.58. The third kappa shape index (κ3) is 5.28. The van der Waals surface area contributed by atoms with Gasteiger partial charge in [0.2, 0.25) is 5.91 Å². The monoisotopic (exact) mass is 523 g/mol. The molecule has 5 heteroatoms. The fourth-order valence-corrected chi connectivity index (χ4v) is 7.02. The number of carbonyl (C=O) groups excluding carboxylic acids is 1. The molecular weight excluding hydrogens is 482 g/mol. The van der Waals surface area contributed by atoms with Crippen LogP contribution in [-0.4, -0.2) is 39.6 Å². The molecule has 0 bridgehead atoms. The molecule has 39 heavy (non-hydrogen) atoms. The fraction of sp³-hybridized carbons (Fsp3) is 0.471. The van der Waals surface area contributed by atoms with E-state index in [4.69, 9.17) is 9.72 Å². The summed E-state index contributed by atoms with van der Waals surface area (Å²) in [5, 5.41) is 2.34. The molecule has 1 unspecified atom stereocenters. The number of nitrogens with zero attached hydrogens (tertiary/aromatic N) is 3. The largest absolute Gasteiger partial charge is 0.497 e. The summed E-state index contributed by atoms with van der Waals surface area (Å²) in [6, 6.07) is 21.9. The van der Waals surface area contributed by atoms with E-state index in [9.17, 15) is 4.79 Å². The molecule has 0 spiro atoms. The van der Waals surface area contributed by atoms with Crippen molar-refractivity contribution in [2.75, 3.05) is 7.11 Å². The van der Waals surface area contributed by atoms with Gasteiger partial charge in [-0.25, -0.2) is 4.98 Å². The van der Waals surface area contributed by atoms with E-state index >= 15 is 0 Å². The maximum atomic E-state index is 14.3. The van der Waals surface area contributed by atoms with Gasteiger partial charge in [0.05, 0.1) is 18.1 Å². The van der Waals surface area contributed by atoms with Crippen LogP contribution in [0.25, 0.3) is 21.8 Å². The first-order valence-electron chi connectivity index (χ1n) is 15.0. The number of imidazole rings is 1. The van der Waals surface area contributed by atoms with Crippen LogP contribution in [0, 0.1) is 0 Å².